The summed E-state index contributed by atoms with van der Waals surface area (Å²) in [5.41, 5.74) is 1.17. The molecule has 7 nitrogen and oxygen atoms in total. The normalized spacial score (nSPS) is 18.1. The number of benzene rings is 1. The maximum Gasteiger partial charge on any atom is 0.243 e. The fourth-order valence-electron chi connectivity index (χ4n) is 2.82. The summed E-state index contributed by atoms with van der Waals surface area (Å²) in [5.74, 6) is -0.690. The van der Waals surface area contributed by atoms with Crippen LogP contribution in [0, 0.1) is 0 Å². The van der Waals surface area contributed by atoms with Crippen molar-refractivity contribution in [3.63, 3.8) is 0 Å². The van der Waals surface area contributed by atoms with Gasteiger partial charge in [0.2, 0.25) is 17.7 Å². The van der Waals surface area contributed by atoms with Crippen molar-refractivity contribution in [2.45, 2.75) is 19.5 Å². The van der Waals surface area contributed by atoms with Crippen LogP contribution in [0.5, 0.6) is 0 Å². The van der Waals surface area contributed by atoms with Crippen molar-refractivity contribution in [1.29, 1.82) is 0 Å². The van der Waals surface area contributed by atoms with Crippen molar-refractivity contribution in [2.24, 2.45) is 0 Å². The molecule has 2 N–H and O–H groups in total. The lowest BCUT2D eigenvalue weighted by atomic mass is 10.1. The van der Waals surface area contributed by atoms with E-state index in [1.807, 2.05) is 30.3 Å². The molecular formula is C17H24N4O3. The minimum atomic E-state index is -0.547. The summed E-state index contributed by atoms with van der Waals surface area (Å²) in [5, 5.41) is 5.12. The second-order valence-corrected chi connectivity index (χ2v) is 5.85. The number of hydrogen-bond donors (Lipinski definition) is 2. The van der Waals surface area contributed by atoms with E-state index in [-0.39, 0.29) is 24.3 Å². The average molecular weight is 332 g/mol. The first-order valence-electron chi connectivity index (χ1n) is 8.03. The molecule has 0 saturated carbocycles. The molecule has 0 spiro atoms. The number of carbonyl (C=O) groups excluding carboxylic acids is 3. The summed E-state index contributed by atoms with van der Waals surface area (Å²) >= 11 is 0. The molecule has 1 heterocycles. The Morgan fingerprint density at radius 3 is 2.50 bits per heavy atom. The van der Waals surface area contributed by atoms with Gasteiger partial charge in [0.05, 0.1) is 6.54 Å². The molecule has 3 amide bonds. The van der Waals surface area contributed by atoms with Crippen molar-refractivity contribution in [3.8, 4) is 0 Å². The van der Waals surface area contributed by atoms with Crippen LogP contribution >= 0.6 is 0 Å². The van der Waals surface area contributed by atoms with Gasteiger partial charge in [-0.1, -0.05) is 30.3 Å². The first-order chi connectivity index (χ1) is 11.5. The number of nitrogens with zero attached hydrogens (tertiary/aromatic N) is 2. The SMILES string of the molecule is CNC(=O)[C@H]1CN(Cc2ccccc2)CCN1C(=O)CNC(C)=O. The van der Waals surface area contributed by atoms with Gasteiger partial charge < -0.3 is 15.5 Å². The van der Waals surface area contributed by atoms with Gasteiger partial charge in [-0.25, -0.2) is 0 Å². The Balaban J connectivity index is 2.02. The lowest BCUT2D eigenvalue weighted by Gasteiger charge is -2.40. The van der Waals surface area contributed by atoms with Gasteiger partial charge in [-0.3, -0.25) is 19.3 Å². The van der Waals surface area contributed by atoms with Crippen LogP contribution in [-0.4, -0.2) is 66.8 Å². The van der Waals surface area contributed by atoms with Crippen LogP contribution in [0.4, 0.5) is 0 Å². The third-order valence-corrected chi connectivity index (χ3v) is 4.07. The van der Waals surface area contributed by atoms with Crippen LogP contribution in [0.2, 0.25) is 0 Å². The van der Waals surface area contributed by atoms with E-state index in [4.69, 9.17) is 0 Å². The van der Waals surface area contributed by atoms with E-state index in [0.29, 0.717) is 19.6 Å². The predicted octanol–water partition coefficient (Wildman–Crippen LogP) is -0.418. The van der Waals surface area contributed by atoms with E-state index in [0.717, 1.165) is 6.54 Å². The minimum absolute atomic E-state index is 0.0818. The van der Waals surface area contributed by atoms with Crippen molar-refractivity contribution < 1.29 is 14.4 Å². The topological polar surface area (TPSA) is 81.8 Å². The molecule has 0 unspecified atom stereocenters. The van der Waals surface area contributed by atoms with E-state index >= 15 is 0 Å². The van der Waals surface area contributed by atoms with Crippen molar-refractivity contribution in [1.82, 2.24) is 20.4 Å². The molecule has 2 rings (SSSR count). The van der Waals surface area contributed by atoms with Gasteiger partial charge in [0.15, 0.2) is 0 Å². The highest BCUT2D eigenvalue weighted by Crippen LogP contribution is 2.14. The van der Waals surface area contributed by atoms with Crippen LogP contribution in [-0.2, 0) is 20.9 Å². The fourth-order valence-corrected chi connectivity index (χ4v) is 2.82. The molecule has 1 aromatic carbocycles. The predicted molar refractivity (Wildman–Crippen MR) is 90.0 cm³/mol. The van der Waals surface area contributed by atoms with Crippen molar-refractivity contribution >= 4 is 17.7 Å². The molecule has 1 atom stereocenters. The second-order valence-electron chi connectivity index (χ2n) is 5.85. The van der Waals surface area contributed by atoms with Gasteiger partial charge in [-0.2, -0.15) is 0 Å². The lowest BCUT2D eigenvalue weighted by Crippen LogP contribution is -2.61. The summed E-state index contributed by atoms with van der Waals surface area (Å²) in [7, 11) is 1.56. The van der Waals surface area contributed by atoms with Gasteiger partial charge in [0.1, 0.15) is 6.04 Å². The van der Waals surface area contributed by atoms with Crippen LogP contribution < -0.4 is 10.6 Å². The molecule has 130 valence electrons. The smallest absolute Gasteiger partial charge is 0.243 e. The standard InChI is InChI=1S/C17H24N4O3/c1-13(22)19-10-16(23)21-9-8-20(12-15(21)17(24)18-2)11-14-6-4-3-5-7-14/h3-7,15H,8-12H2,1-2H3,(H,18,24)(H,19,22)/t15-/m1/s1. The zero-order chi connectivity index (χ0) is 17.5. The largest absolute Gasteiger partial charge is 0.357 e. The Bertz CT molecular complexity index is 591. The number of likely N-dealkylation sites (N-methyl/N-ethyl adjacent to an activating group) is 1. The maximum atomic E-state index is 12.3. The monoisotopic (exact) mass is 332 g/mol. The Morgan fingerprint density at radius 2 is 1.88 bits per heavy atom. The maximum absolute atomic E-state index is 12.3. The van der Waals surface area contributed by atoms with Crippen molar-refractivity contribution in [3.05, 3.63) is 35.9 Å². The first-order valence-corrected chi connectivity index (χ1v) is 8.03. The second kappa shape index (κ2) is 8.44. The number of rotatable bonds is 5. The lowest BCUT2D eigenvalue weighted by molar-refractivity contribution is -0.143. The summed E-state index contributed by atoms with van der Waals surface area (Å²) < 4.78 is 0. The number of carbonyl (C=O) groups is 3. The number of hydrogen-bond acceptors (Lipinski definition) is 4. The van der Waals surface area contributed by atoms with E-state index in [1.165, 1.54) is 12.5 Å². The molecule has 24 heavy (non-hydrogen) atoms. The van der Waals surface area contributed by atoms with Crippen LogP contribution in [0.1, 0.15) is 12.5 Å². The molecule has 0 aliphatic carbocycles. The molecule has 1 aliphatic heterocycles. The zero-order valence-corrected chi connectivity index (χ0v) is 14.1. The third-order valence-electron chi connectivity index (χ3n) is 4.07. The quantitative estimate of drug-likeness (QED) is 0.767. The van der Waals surface area contributed by atoms with E-state index in [9.17, 15) is 14.4 Å². The Kier molecular flexibility index (Phi) is 6.31. The summed E-state index contributed by atoms with van der Waals surface area (Å²) in [6.45, 7) is 3.64. The minimum Gasteiger partial charge on any atom is -0.357 e. The van der Waals surface area contributed by atoms with Gasteiger partial charge in [-0.05, 0) is 5.56 Å². The highest BCUT2D eigenvalue weighted by Gasteiger charge is 2.34. The van der Waals surface area contributed by atoms with Crippen LogP contribution in [0.25, 0.3) is 0 Å². The fraction of sp³-hybridized carbons (Fsp3) is 0.471. The average Bonchev–Trinajstić information content (AvgIpc) is 2.59. The Morgan fingerprint density at radius 1 is 1.17 bits per heavy atom. The number of piperazine rings is 1. The first kappa shape index (κ1) is 17.9. The molecule has 1 saturated heterocycles. The summed E-state index contributed by atoms with van der Waals surface area (Å²) in [6, 6.07) is 9.48. The molecule has 1 aromatic rings. The number of nitrogens with one attached hydrogen (secondary N) is 2. The summed E-state index contributed by atoms with van der Waals surface area (Å²) in [6.07, 6.45) is 0. The van der Waals surface area contributed by atoms with Gasteiger partial charge in [0, 0.05) is 40.2 Å². The van der Waals surface area contributed by atoms with Gasteiger partial charge >= 0.3 is 0 Å². The Labute approximate surface area is 142 Å². The molecule has 0 bridgehead atoms. The third kappa shape index (κ3) is 4.79. The van der Waals surface area contributed by atoms with Gasteiger partial charge in [-0.15, -0.1) is 0 Å². The highest BCUT2D eigenvalue weighted by molar-refractivity contribution is 5.90. The van der Waals surface area contributed by atoms with Gasteiger partial charge in [0.25, 0.3) is 0 Å². The Hall–Kier alpha value is -2.41. The highest BCUT2D eigenvalue weighted by atomic mass is 16.2. The van der Waals surface area contributed by atoms with Crippen LogP contribution in [0.15, 0.2) is 30.3 Å². The van der Waals surface area contributed by atoms with Crippen molar-refractivity contribution in [2.75, 3.05) is 33.2 Å². The van der Waals surface area contributed by atoms with E-state index < -0.39 is 6.04 Å². The molecule has 1 fully saturated rings. The molecule has 7 heteroatoms. The molecule has 0 aromatic heterocycles. The van der Waals surface area contributed by atoms with E-state index in [2.05, 4.69) is 15.5 Å². The van der Waals surface area contributed by atoms with Crippen LogP contribution in [0.3, 0.4) is 0 Å². The molecule has 1 aliphatic rings. The van der Waals surface area contributed by atoms with E-state index in [1.54, 1.807) is 11.9 Å². The number of amides is 3. The molecular weight excluding hydrogens is 308 g/mol. The molecule has 0 radical (unpaired) electrons. The summed E-state index contributed by atoms with van der Waals surface area (Å²) in [4.78, 5) is 39.2. The zero-order valence-electron chi connectivity index (χ0n) is 14.1.